The summed E-state index contributed by atoms with van der Waals surface area (Å²) in [6, 6.07) is 8.45. The van der Waals surface area contributed by atoms with Gasteiger partial charge in [0.05, 0.1) is 12.3 Å². The third-order valence-electron chi connectivity index (χ3n) is 4.47. The lowest BCUT2D eigenvalue weighted by atomic mass is 10.0. The van der Waals surface area contributed by atoms with Gasteiger partial charge in [0.2, 0.25) is 0 Å². The molecule has 4 nitrogen and oxygen atoms in total. The van der Waals surface area contributed by atoms with Crippen molar-refractivity contribution in [3.63, 3.8) is 0 Å². The number of H-pyrrole nitrogens is 1. The van der Waals surface area contributed by atoms with Crippen molar-refractivity contribution >= 4 is 0 Å². The monoisotopic (exact) mass is 255 g/mol. The third kappa shape index (κ3) is 1.71. The van der Waals surface area contributed by atoms with Crippen LogP contribution < -0.4 is 0 Å². The van der Waals surface area contributed by atoms with E-state index in [-0.39, 0.29) is 12.1 Å². The van der Waals surface area contributed by atoms with E-state index in [2.05, 4.69) is 27.2 Å². The van der Waals surface area contributed by atoms with E-state index in [0.29, 0.717) is 0 Å². The van der Waals surface area contributed by atoms with Gasteiger partial charge in [-0.2, -0.15) is 5.10 Å². The molecule has 0 amide bonds. The Labute approximate surface area is 112 Å². The molecule has 0 saturated heterocycles. The predicted octanol–water partition coefficient (Wildman–Crippen LogP) is 1.43. The van der Waals surface area contributed by atoms with Gasteiger partial charge in [0.15, 0.2) is 0 Å². The highest BCUT2D eigenvalue weighted by Crippen LogP contribution is 2.36. The molecule has 0 saturated carbocycles. The lowest BCUT2D eigenvalue weighted by Gasteiger charge is -2.33. The average molecular weight is 255 g/mol. The fourth-order valence-corrected chi connectivity index (χ4v) is 3.41. The maximum atomic E-state index is 10.5. The predicted molar refractivity (Wildman–Crippen MR) is 71.6 cm³/mol. The highest BCUT2D eigenvalue weighted by Gasteiger charge is 2.36. The van der Waals surface area contributed by atoms with Crippen molar-refractivity contribution in [1.82, 2.24) is 15.1 Å². The number of benzene rings is 1. The molecule has 2 aromatic rings. The van der Waals surface area contributed by atoms with Crippen LogP contribution in [0.15, 0.2) is 30.5 Å². The normalized spacial score (nSPS) is 26.2. The minimum atomic E-state index is -0.357. The fraction of sp³-hybridized carbons (Fsp3) is 0.400. The molecule has 2 N–H and O–H groups in total. The topological polar surface area (TPSA) is 52.1 Å². The average Bonchev–Trinajstić information content (AvgIpc) is 3.03. The van der Waals surface area contributed by atoms with E-state index in [1.165, 1.54) is 16.8 Å². The standard InChI is InChI=1S/C15H17N3O/c19-15-12-4-2-1-3-10(12)7-14(15)18-6-5-13-11(9-18)8-16-17-13/h1-4,8,14-15,19H,5-7,9H2,(H,16,17)/t14-,15+/m0/s1. The molecule has 0 spiro atoms. The number of aromatic amines is 1. The number of aliphatic hydroxyl groups excluding tert-OH is 1. The molecule has 2 atom stereocenters. The summed E-state index contributed by atoms with van der Waals surface area (Å²) >= 11 is 0. The molecule has 1 aliphatic carbocycles. The van der Waals surface area contributed by atoms with Gasteiger partial charge in [-0.05, 0) is 17.5 Å². The number of nitrogens with zero attached hydrogens (tertiary/aromatic N) is 2. The highest BCUT2D eigenvalue weighted by atomic mass is 16.3. The van der Waals surface area contributed by atoms with E-state index in [4.69, 9.17) is 0 Å². The molecule has 98 valence electrons. The maximum absolute atomic E-state index is 10.5. The summed E-state index contributed by atoms with van der Waals surface area (Å²) in [4.78, 5) is 2.39. The molecule has 4 heteroatoms. The van der Waals surface area contributed by atoms with Gasteiger partial charge in [0, 0.05) is 36.8 Å². The Morgan fingerprint density at radius 3 is 3.05 bits per heavy atom. The largest absolute Gasteiger partial charge is 0.387 e. The summed E-state index contributed by atoms with van der Waals surface area (Å²) in [7, 11) is 0. The second-order valence-corrected chi connectivity index (χ2v) is 5.51. The Balaban J connectivity index is 1.60. The number of aromatic nitrogens is 2. The van der Waals surface area contributed by atoms with E-state index in [1.807, 2.05) is 18.3 Å². The van der Waals surface area contributed by atoms with Crippen LogP contribution >= 0.6 is 0 Å². The van der Waals surface area contributed by atoms with Gasteiger partial charge in [-0.1, -0.05) is 24.3 Å². The molecule has 0 bridgehead atoms. The molecule has 0 unspecified atom stereocenters. The molecular formula is C15H17N3O. The minimum Gasteiger partial charge on any atom is -0.387 e. The van der Waals surface area contributed by atoms with Crippen LogP contribution in [0.4, 0.5) is 0 Å². The summed E-state index contributed by atoms with van der Waals surface area (Å²) in [6.45, 7) is 1.88. The summed E-state index contributed by atoms with van der Waals surface area (Å²) in [5, 5.41) is 17.7. The van der Waals surface area contributed by atoms with Gasteiger partial charge in [-0.3, -0.25) is 10.00 Å². The van der Waals surface area contributed by atoms with Crippen LogP contribution in [0.5, 0.6) is 0 Å². The Kier molecular flexibility index (Phi) is 2.47. The summed E-state index contributed by atoms with van der Waals surface area (Å²) in [6.07, 6.45) is 3.50. The number of rotatable bonds is 1. The van der Waals surface area contributed by atoms with Crippen molar-refractivity contribution in [3.05, 3.63) is 52.8 Å². The SMILES string of the molecule is O[C@@H]1c2ccccc2C[C@@H]1N1CCc2[nH]ncc2C1. The van der Waals surface area contributed by atoms with E-state index >= 15 is 0 Å². The van der Waals surface area contributed by atoms with E-state index < -0.39 is 0 Å². The van der Waals surface area contributed by atoms with Gasteiger partial charge in [0.25, 0.3) is 0 Å². The molecule has 0 fully saturated rings. The molecule has 1 aliphatic heterocycles. The second kappa shape index (κ2) is 4.18. The van der Waals surface area contributed by atoms with E-state index in [9.17, 15) is 5.11 Å². The molecule has 2 aliphatic rings. The van der Waals surface area contributed by atoms with Crippen LogP contribution in [-0.4, -0.2) is 32.8 Å². The highest BCUT2D eigenvalue weighted by molar-refractivity contribution is 5.36. The molecule has 1 aromatic heterocycles. The van der Waals surface area contributed by atoms with Crippen LogP contribution in [0, 0.1) is 0 Å². The lowest BCUT2D eigenvalue weighted by molar-refractivity contribution is 0.0525. The summed E-state index contributed by atoms with van der Waals surface area (Å²) < 4.78 is 0. The summed E-state index contributed by atoms with van der Waals surface area (Å²) in [5.41, 5.74) is 4.92. The van der Waals surface area contributed by atoms with Crippen molar-refractivity contribution in [3.8, 4) is 0 Å². The zero-order valence-corrected chi connectivity index (χ0v) is 10.7. The van der Waals surface area contributed by atoms with Gasteiger partial charge in [0.1, 0.15) is 0 Å². The van der Waals surface area contributed by atoms with Gasteiger partial charge >= 0.3 is 0 Å². The van der Waals surface area contributed by atoms with Gasteiger partial charge in [-0.25, -0.2) is 0 Å². The molecule has 2 heterocycles. The smallest absolute Gasteiger partial charge is 0.0951 e. The molecular weight excluding hydrogens is 238 g/mol. The van der Waals surface area contributed by atoms with Crippen molar-refractivity contribution in [2.75, 3.05) is 6.54 Å². The zero-order chi connectivity index (χ0) is 12.8. The number of hydrogen-bond acceptors (Lipinski definition) is 3. The maximum Gasteiger partial charge on any atom is 0.0951 e. The van der Waals surface area contributed by atoms with Crippen molar-refractivity contribution < 1.29 is 5.11 Å². The number of nitrogens with one attached hydrogen (secondary N) is 1. The first-order chi connectivity index (χ1) is 9.33. The lowest BCUT2D eigenvalue weighted by Crippen LogP contribution is -2.41. The molecule has 1 aromatic carbocycles. The van der Waals surface area contributed by atoms with Crippen molar-refractivity contribution in [2.45, 2.75) is 31.5 Å². The first kappa shape index (κ1) is 11.2. The summed E-state index contributed by atoms with van der Waals surface area (Å²) in [5.74, 6) is 0. The molecule has 0 radical (unpaired) electrons. The van der Waals surface area contributed by atoms with Crippen LogP contribution in [0.3, 0.4) is 0 Å². The number of fused-ring (bicyclic) bond motifs is 2. The molecule has 4 rings (SSSR count). The van der Waals surface area contributed by atoms with Gasteiger partial charge in [-0.15, -0.1) is 0 Å². The van der Waals surface area contributed by atoms with Crippen LogP contribution in [-0.2, 0) is 19.4 Å². The number of hydrogen-bond donors (Lipinski definition) is 2. The van der Waals surface area contributed by atoms with E-state index in [0.717, 1.165) is 31.5 Å². The van der Waals surface area contributed by atoms with Crippen molar-refractivity contribution in [1.29, 1.82) is 0 Å². The Morgan fingerprint density at radius 1 is 1.26 bits per heavy atom. The van der Waals surface area contributed by atoms with Crippen LogP contribution in [0.25, 0.3) is 0 Å². The fourth-order valence-electron chi connectivity index (χ4n) is 3.41. The molecule has 19 heavy (non-hydrogen) atoms. The second-order valence-electron chi connectivity index (χ2n) is 5.51. The van der Waals surface area contributed by atoms with Gasteiger partial charge < -0.3 is 5.11 Å². The number of aliphatic hydroxyl groups is 1. The zero-order valence-electron chi connectivity index (χ0n) is 10.7. The first-order valence-electron chi connectivity index (χ1n) is 6.84. The quantitative estimate of drug-likeness (QED) is 0.810. The van der Waals surface area contributed by atoms with Crippen molar-refractivity contribution in [2.24, 2.45) is 0 Å². The Morgan fingerprint density at radius 2 is 2.16 bits per heavy atom. The van der Waals surface area contributed by atoms with E-state index in [1.54, 1.807) is 0 Å². The van der Waals surface area contributed by atoms with Crippen LogP contribution in [0.2, 0.25) is 0 Å². The first-order valence-corrected chi connectivity index (χ1v) is 6.84. The Hall–Kier alpha value is -1.65. The van der Waals surface area contributed by atoms with Crippen LogP contribution in [0.1, 0.15) is 28.5 Å². The Bertz CT molecular complexity index is 607. The minimum absolute atomic E-state index is 0.209. The third-order valence-corrected chi connectivity index (χ3v) is 4.47.